The molecule has 3 rings (SSSR count). The zero-order chi connectivity index (χ0) is 20.7. The smallest absolute Gasteiger partial charge is 0.230 e. The first-order chi connectivity index (χ1) is 13.9. The first-order valence-corrected chi connectivity index (χ1v) is 12.4. The molecule has 0 spiro atoms. The fraction of sp³-hybridized carbons (Fsp3) is 0.409. The van der Waals surface area contributed by atoms with Crippen LogP contribution in [0.4, 0.5) is 0 Å². The highest BCUT2D eigenvalue weighted by Crippen LogP contribution is 2.35. The lowest BCUT2D eigenvalue weighted by atomic mass is 9.73. The van der Waals surface area contributed by atoms with Crippen LogP contribution in [0.3, 0.4) is 0 Å². The summed E-state index contributed by atoms with van der Waals surface area (Å²) in [6, 6.07) is 17.0. The average Bonchev–Trinajstić information content (AvgIpc) is 2.72. The van der Waals surface area contributed by atoms with Gasteiger partial charge < -0.3 is 10.1 Å². The molecule has 0 saturated carbocycles. The number of nitrogens with one attached hydrogen (secondary N) is 1. The minimum Gasteiger partial charge on any atom is -0.381 e. The van der Waals surface area contributed by atoms with Crippen LogP contribution in [0.2, 0.25) is 0 Å². The summed E-state index contributed by atoms with van der Waals surface area (Å²) in [4.78, 5) is 13.1. The Hall–Kier alpha value is -1.70. The van der Waals surface area contributed by atoms with Crippen molar-refractivity contribution in [1.82, 2.24) is 5.32 Å². The van der Waals surface area contributed by atoms with Crippen LogP contribution in [-0.4, -0.2) is 39.8 Å². The second-order valence-electron chi connectivity index (χ2n) is 7.39. The van der Waals surface area contributed by atoms with E-state index in [-0.39, 0.29) is 17.4 Å². The Balaban J connectivity index is 1.57. The third kappa shape index (κ3) is 5.90. The number of hydrogen-bond acceptors (Lipinski definition) is 4. The highest BCUT2D eigenvalue weighted by molar-refractivity contribution is 9.10. The minimum atomic E-state index is -3.21. The maximum Gasteiger partial charge on any atom is 0.230 e. The van der Waals surface area contributed by atoms with Crippen molar-refractivity contribution in [3.8, 4) is 0 Å². The number of halogens is 1. The lowest BCUT2D eigenvalue weighted by Gasteiger charge is -2.36. The van der Waals surface area contributed by atoms with Crippen molar-refractivity contribution in [3.63, 3.8) is 0 Å². The Bertz CT molecular complexity index is 908. The lowest BCUT2D eigenvalue weighted by molar-refractivity contribution is -0.130. The topological polar surface area (TPSA) is 72.5 Å². The summed E-state index contributed by atoms with van der Waals surface area (Å²) in [7, 11) is -3.21. The molecule has 1 amide bonds. The summed E-state index contributed by atoms with van der Waals surface area (Å²) >= 11 is 3.44. The number of carbonyl (C=O) groups excluding carboxylic acids is 1. The van der Waals surface area contributed by atoms with E-state index in [1.165, 1.54) is 0 Å². The molecule has 0 atom stereocenters. The van der Waals surface area contributed by atoms with Gasteiger partial charge in [0.2, 0.25) is 5.91 Å². The first kappa shape index (κ1) is 22.0. The fourth-order valence-corrected chi connectivity index (χ4v) is 5.39. The van der Waals surface area contributed by atoms with Gasteiger partial charge in [-0.3, -0.25) is 4.79 Å². The average molecular weight is 480 g/mol. The van der Waals surface area contributed by atoms with E-state index in [1.807, 2.05) is 54.6 Å². The number of hydrogen-bond donors (Lipinski definition) is 1. The first-order valence-electron chi connectivity index (χ1n) is 9.78. The zero-order valence-electron chi connectivity index (χ0n) is 16.3. The van der Waals surface area contributed by atoms with Crippen LogP contribution in [-0.2, 0) is 30.5 Å². The molecular formula is C22H26BrNO4S. The van der Waals surface area contributed by atoms with E-state index in [0.717, 1.165) is 15.6 Å². The Morgan fingerprint density at radius 1 is 1.03 bits per heavy atom. The second-order valence-corrected chi connectivity index (χ2v) is 10.5. The van der Waals surface area contributed by atoms with Gasteiger partial charge in [-0.25, -0.2) is 8.42 Å². The maximum absolute atomic E-state index is 13.1. The van der Waals surface area contributed by atoms with Crippen molar-refractivity contribution in [1.29, 1.82) is 0 Å². The molecule has 1 aliphatic rings. The third-order valence-electron chi connectivity index (χ3n) is 5.32. The standard InChI is InChI=1S/C22H26BrNO4S/c23-20-9-7-19(8-10-20)22(11-14-28-15-12-22)21(25)24-13-4-16-29(26,27)17-18-5-2-1-3-6-18/h1-3,5-10H,4,11-17H2,(H,24,25). The molecular weight excluding hydrogens is 454 g/mol. The Labute approximate surface area is 180 Å². The van der Waals surface area contributed by atoms with Crippen molar-refractivity contribution < 1.29 is 17.9 Å². The molecule has 5 nitrogen and oxygen atoms in total. The summed E-state index contributed by atoms with van der Waals surface area (Å²) in [6.45, 7) is 1.41. The quantitative estimate of drug-likeness (QED) is 0.586. The van der Waals surface area contributed by atoms with Crippen molar-refractivity contribution in [3.05, 3.63) is 70.2 Å². The van der Waals surface area contributed by atoms with E-state index in [4.69, 9.17) is 4.74 Å². The van der Waals surface area contributed by atoms with Crippen LogP contribution in [0.1, 0.15) is 30.4 Å². The summed E-state index contributed by atoms with van der Waals surface area (Å²) < 4.78 is 31.1. The Morgan fingerprint density at radius 3 is 2.34 bits per heavy atom. The number of carbonyl (C=O) groups is 1. The Morgan fingerprint density at radius 2 is 1.69 bits per heavy atom. The van der Waals surface area contributed by atoms with E-state index in [0.29, 0.717) is 39.0 Å². The molecule has 1 aliphatic heterocycles. The molecule has 0 unspecified atom stereocenters. The molecule has 29 heavy (non-hydrogen) atoms. The Kier molecular flexibility index (Phi) is 7.49. The zero-order valence-corrected chi connectivity index (χ0v) is 18.7. The van der Waals surface area contributed by atoms with Crippen LogP contribution in [0, 0.1) is 0 Å². The second kappa shape index (κ2) is 9.87. The van der Waals surface area contributed by atoms with Crippen LogP contribution in [0.25, 0.3) is 0 Å². The lowest BCUT2D eigenvalue weighted by Crippen LogP contribution is -2.48. The van der Waals surface area contributed by atoms with Gasteiger partial charge >= 0.3 is 0 Å². The van der Waals surface area contributed by atoms with Crippen molar-refractivity contribution in [2.75, 3.05) is 25.5 Å². The monoisotopic (exact) mass is 479 g/mol. The number of benzene rings is 2. The molecule has 0 aromatic heterocycles. The van der Waals surface area contributed by atoms with E-state index in [1.54, 1.807) is 0 Å². The van der Waals surface area contributed by atoms with Gasteiger partial charge in [-0.05, 0) is 42.5 Å². The SMILES string of the molecule is O=C(NCCCS(=O)(=O)Cc1ccccc1)C1(c2ccc(Br)cc2)CCOCC1. The molecule has 1 N–H and O–H groups in total. The number of ether oxygens (including phenoxy) is 1. The predicted molar refractivity (Wildman–Crippen MR) is 117 cm³/mol. The van der Waals surface area contributed by atoms with Gasteiger partial charge in [0.25, 0.3) is 0 Å². The van der Waals surface area contributed by atoms with E-state index < -0.39 is 15.3 Å². The van der Waals surface area contributed by atoms with Gasteiger partial charge in [0.15, 0.2) is 9.84 Å². The van der Waals surface area contributed by atoms with Gasteiger partial charge in [0.1, 0.15) is 0 Å². The highest BCUT2D eigenvalue weighted by Gasteiger charge is 2.41. The predicted octanol–water partition coefficient (Wildman–Crippen LogP) is 3.62. The van der Waals surface area contributed by atoms with Crippen LogP contribution < -0.4 is 5.32 Å². The summed E-state index contributed by atoms with van der Waals surface area (Å²) in [5, 5.41) is 2.97. The van der Waals surface area contributed by atoms with Gasteiger partial charge in [-0.1, -0.05) is 58.4 Å². The largest absolute Gasteiger partial charge is 0.381 e. The minimum absolute atomic E-state index is 0.0297. The summed E-state index contributed by atoms with van der Waals surface area (Å²) in [6.07, 6.45) is 1.63. The third-order valence-corrected chi connectivity index (χ3v) is 7.54. The van der Waals surface area contributed by atoms with E-state index in [2.05, 4.69) is 21.2 Å². The normalized spacial score (nSPS) is 16.3. The summed E-state index contributed by atoms with van der Waals surface area (Å²) in [5.41, 5.74) is 1.13. The van der Waals surface area contributed by atoms with Crippen molar-refractivity contribution in [2.24, 2.45) is 0 Å². The number of amides is 1. The van der Waals surface area contributed by atoms with Gasteiger partial charge in [0.05, 0.1) is 16.9 Å². The highest BCUT2D eigenvalue weighted by atomic mass is 79.9. The van der Waals surface area contributed by atoms with Gasteiger partial charge in [-0.15, -0.1) is 0 Å². The molecule has 0 aliphatic carbocycles. The molecule has 0 bridgehead atoms. The maximum atomic E-state index is 13.1. The fourth-order valence-electron chi connectivity index (χ4n) is 3.70. The molecule has 2 aromatic carbocycles. The molecule has 156 valence electrons. The molecule has 2 aromatic rings. The molecule has 1 fully saturated rings. The van der Waals surface area contributed by atoms with Crippen LogP contribution >= 0.6 is 15.9 Å². The van der Waals surface area contributed by atoms with Crippen molar-refractivity contribution in [2.45, 2.75) is 30.4 Å². The molecule has 0 radical (unpaired) electrons. The van der Waals surface area contributed by atoms with E-state index in [9.17, 15) is 13.2 Å². The molecule has 1 heterocycles. The van der Waals surface area contributed by atoms with Gasteiger partial charge in [-0.2, -0.15) is 0 Å². The van der Waals surface area contributed by atoms with E-state index >= 15 is 0 Å². The van der Waals surface area contributed by atoms with Crippen LogP contribution in [0.15, 0.2) is 59.1 Å². The summed E-state index contributed by atoms with van der Waals surface area (Å²) in [5.74, 6) is 0.0296. The van der Waals surface area contributed by atoms with Crippen molar-refractivity contribution >= 4 is 31.7 Å². The van der Waals surface area contributed by atoms with Crippen LogP contribution in [0.5, 0.6) is 0 Å². The molecule has 7 heteroatoms. The number of sulfone groups is 1. The number of rotatable bonds is 8. The van der Waals surface area contributed by atoms with Gasteiger partial charge in [0, 0.05) is 24.2 Å². The molecule has 1 saturated heterocycles.